The molecule has 1 aromatic carbocycles. The molecule has 0 saturated carbocycles. The van der Waals surface area contributed by atoms with Gasteiger partial charge in [0.2, 0.25) is 0 Å². The summed E-state index contributed by atoms with van der Waals surface area (Å²) in [6.45, 7) is 2.56. The van der Waals surface area contributed by atoms with Gasteiger partial charge >= 0.3 is 5.97 Å². The normalized spacial score (nSPS) is 10.0. The van der Waals surface area contributed by atoms with Gasteiger partial charge in [0.15, 0.2) is 0 Å². The van der Waals surface area contributed by atoms with Gasteiger partial charge in [-0.3, -0.25) is 0 Å². The number of ether oxygens (including phenoxy) is 2. The lowest BCUT2D eigenvalue weighted by atomic mass is 10.1. The van der Waals surface area contributed by atoms with Crippen molar-refractivity contribution < 1.29 is 14.3 Å². The maximum Gasteiger partial charge on any atom is 0.338 e. The third kappa shape index (κ3) is 2.95. The number of hydrogen-bond donors (Lipinski definition) is 1. The van der Waals surface area contributed by atoms with E-state index >= 15 is 0 Å². The standard InChI is InChI=1S/C11H15NO3/c1-3-15-11(13)8-4-5-9(7-14-2)10(12)6-8/h4-6H,3,7,12H2,1-2H3. The monoisotopic (exact) mass is 209 g/mol. The number of benzene rings is 1. The fraction of sp³-hybridized carbons (Fsp3) is 0.364. The van der Waals surface area contributed by atoms with Gasteiger partial charge in [0, 0.05) is 18.4 Å². The highest BCUT2D eigenvalue weighted by molar-refractivity contribution is 5.90. The Morgan fingerprint density at radius 2 is 2.20 bits per heavy atom. The van der Waals surface area contributed by atoms with Crippen LogP contribution < -0.4 is 5.73 Å². The van der Waals surface area contributed by atoms with E-state index in [0.29, 0.717) is 24.5 Å². The molecule has 4 nitrogen and oxygen atoms in total. The summed E-state index contributed by atoms with van der Waals surface area (Å²) in [5, 5.41) is 0. The van der Waals surface area contributed by atoms with Gasteiger partial charge in [-0.1, -0.05) is 6.07 Å². The van der Waals surface area contributed by atoms with Crippen LogP contribution in [0.5, 0.6) is 0 Å². The van der Waals surface area contributed by atoms with Gasteiger partial charge in [0.25, 0.3) is 0 Å². The van der Waals surface area contributed by atoms with Gasteiger partial charge in [0.05, 0.1) is 18.8 Å². The molecule has 0 fully saturated rings. The molecule has 4 heteroatoms. The van der Waals surface area contributed by atoms with Crippen molar-refractivity contribution in [3.05, 3.63) is 29.3 Å². The Kier molecular flexibility index (Phi) is 4.12. The van der Waals surface area contributed by atoms with Crippen LogP contribution in [0.1, 0.15) is 22.8 Å². The summed E-state index contributed by atoms with van der Waals surface area (Å²) < 4.78 is 9.82. The van der Waals surface area contributed by atoms with Crippen molar-refractivity contribution >= 4 is 11.7 Å². The zero-order valence-electron chi connectivity index (χ0n) is 8.95. The fourth-order valence-electron chi connectivity index (χ4n) is 1.22. The van der Waals surface area contributed by atoms with Crippen LogP contribution in [0, 0.1) is 0 Å². The molecule has 0 aliphatic rings. The molecule has 15 heavy (non-hydrogen) atoms. The van der Waals surface area contributed by atoms with E-state index in [4.69, 9.17) is 15.2 Å². The second-order valence-corrected chi connectivity index (χ2v) is 3.07. The minimum atomic E-state index is -0.354. The second kappa shape index (κ2) is 5.36. The fourth-order valence-corrected chi connectivity index (χ4v) is 1.22. The van der Waals surface area contributed by atoms with E-state index in [1.54, 1.807) is 32.2 Å². The van der Waals surface area contributed by atoms with Crippen molar-refractivity contribution in [2.75, 3.05) is 19.5 Å². The highest BCUT2D eigenvalue weighted by atomic mass is 16.5. The zero-order chi connectivity index (χ0) is 11.3. The zero-order valence-corrected chi connectivity index (χ0v) is 8.95. The first-order chi connectivity index (χ1) is 7.19. The van der Waals surface area contributed by atoms with Crippen LogP contribution in [0.2, 0.25) is 0 Å². The molecule has 0 unspecified atom stereocenters. The average molecular weight is 209 g/mol. The molecule has 0 aliphatic heterocycles. The van der Waals surface area contributed by atoms with Crippen molar-refractivity contribution in [1.29, 1.82) is 0 Å². The van der Waals surface area contributed by atoms with Crippen molar-refractivity contribution in [3.8, 4) is 0 Å². The first-order valence-electron chi connectivity index (χ1n) is 4.73. The minimum Gasteiger partial charge on any atom is -0.462 e. The number of methoxy groups -OCH3 is 1. The predicted molar refractivity (Wildman–Crippen MR) is 57.5 cm³/mol. The van der Waals surface area contributed by atoms with Crippen molar-refractivity contribution in [2.24, 2.45) is 0 Å². The van der Waals surface area contributed by atoms with E-state index < -0.39 is 0 Å². The molecule has 82 valence electrons. The average Bonchev–Trinajstić information content (AvgIpc) is 2.21. The van der Waals surface area contributed by atoms with Crippen LogP contribution in [0.4, 0.5) is 5.69 Å². The van der Waals surface area contributed by atoms with Crippen LogP contribution >= 0.6 is 0 Å². The summed E-state index contributed by atoms with van der Waals surface area (Å²) >= 11 is 0. The summed E-state index contributed by atoms with van der Waals surface area (Å²) in [7, 11) is 1.60. The molecular weight excluding hydrogens is 194 g/mol. The summed E-state index contributed by atoms with van der Waals surface area (Å²) in [6, 6.07) is 5.06. The van der Waals surface area contributed by atoms with Gasteiger partial charge in [0.1, 0.15) is 0 Å². The smallest absolute Gasteiger partial charge is 0.338 e. The minimum absolute atomic E-state index is 0.354. The van der Waals surface area contributed by atoms with Crippen LogP contribution in [0.15, 0.2) is 18.2 Å². The van der Waals surface area contributed by atoms with E-state index in [1.165, 1.54) is 0 Å². The molecule has 0 atom stereocenters. The molecule has 0 aliphatic carbocycles. The van der Waals surface area contributed by atoms with Gasteiger partial charge in [-0.25, -0.2) is 4.79 Å². The SMILES string of the molecule is CCOC(=O)c1ccc(COC)c(N)c1. The Labute approximate surface area is 89.0 Å². The number of nitrogens with two attached hydrogens (primary N) is 1. The Balaban J connectivity index is 2.86. The lowest BCUT2D eigenvalue weighted by Crippen LogP contribution is -2.06. The molecule has 0 radical (unpaired) electrons. The van der Waals surface area contributed by atoms with Crippen molar-refractivity contribution in [2.45, 2.75) is 13.5 Å². The van der Waals surface area contributed by atoms with E-state index in [-0.39, 0.29) is 5.97 Å². The topological polar surface area (TPSA) is 61.5 Å². The van der Waals surface area contributed by atoms with E-state index in [1.807, 2.05) is 0 Å². The maximum absolute atomic E-state index is 11.4. The Morgan fingerprint density at radius 1 is 1.47 bits per heavy atom. The van der Waals surface area contributed by atoms with Crippen LogP contribution in [-0.2, 0) is 16.1 Å². The second-order valence-electron chi connectivity index (χ2n) is 3.07. The predicted octanol–water partition coefficient (Wildman–Crippen LogP) is 1.59. The van der Waals surface area contributed by atoms with Gasteiger partial charge in [-0.2, -0.15) is 0 Å². The van der Waals surface area contributed by atoms with Gasteiger partial charge < -0.3 is 15.2 Å². The maximum atomic E-state index is 11.4. The van der Waals surface area contributed by atoms with Crippen LogP contribution in [-0.4, -0.2) is 19.7 Å². The largest absolute Gasteiger partial charge is 0.462 e. The molecule has 1 aromatic rings. The van der Waals surface area contributed by atoms with Crippen LogP contribution in [0.3, 0.4) is 0 Å². The lowest BCUT2D eigenvalue weighted by Gasteiger charge is -2.07. The molecular formula is C11H15NO3. The Hall–Kier alpha value is -1.55. The molecule has 1 rings (SSSR count). The van der Waals surface area contributed by atoms with E-state index in [0.717, 1.165) is 5.56 Å². The molecule has 0 bridgehead atoms. The van der Waals surface area contributed by atoms with Gasteiger partial charge in [-0.15, -0.1) is 0 Å². The van der Waals surface area contributed by atoms with Gasteiger partial charge in [-0.05, 0) is 19.1 Å². The van der Waals surface area contributed by atoms with Crippen molar-refractivity contribution in [3.63, 3.8) is 0 Å². The van der Waals surface area contributed by atoms with Crippen molar-refractivity contribution in [1.82, 2.24) is 0 Å². The first kappa shape index (κ1) is 11.5. The number of hydrogen-bond acceptors (Lipinski definition) is 4. The highest BCUT2D eigenvalue weighted by Crippen LogP contribution is 2.15. The van der Waals surface area contributed by atoms with Crippen LogP contribution in [0.25, 0.3) is 0 Å². The number of carbonyl (C=O) groups is 1. The molecule has 0 aromatic heterocycles. The molecule has 0 saturated heterocycles. The molecule has 2 N–H and O–H groups in total. The molecule has 0 spiro atoms. The third-order valence-corrected chi connectivity index (χ3v) is 1.96. The summed E-state index contributed by atoms with van der Waals surface area (Å²) in [6.07, 6.45) is 0. The van der Waals surface area contributed by atoms with E-state index in [2.05, 4.69) is 0 Å². The number of rotatable bonds is 4. The number of anilines is 1. The Bertz CT molecular complexity index is 350. The third-order valence-electron chi connectivity index (χ3n) is 1.96. The number of nitrogen functional groups attached to an aromatic ring is 1. The summed E-state index contributed by atoms with van der Waals surface area (Å²) in [4.78, 5) is 11.4. The molecule has 0 heterocycles. The van der Waals surface area contributed by atoms with E-state index in [9.17, 15) is 4.79 Å². The first-order valence-corrected chi connectivity index (χ1v) is 4.73. The number of carbonyl (C=O) groups excluding carboxylic acids is 1. The Morgan fingerprint density at radius 3 is 2.73 bits per heavy atom. The number of esters is 1. The highest BCUT2D eigenvalue weighted by Gasteiger charge is 2.08. The lowest BCUT2D eigenvalue weighted by molar-refractivity contribution is 0.0526. The summed E-state index contributed by atoms with van der Waals surface area (Å²) in [5.41, 5.74) is 7.63. The summed E-state index contributed by atoms with van der Waals surface area (Å²) in [5.74, 6) is -0.354. The molecule has 0 amide bonds. The quantitative estimate of drug-likeness (QED) is 0.604.